The van der Waals surface area contributed by atoms with Crippen molar-refractivity contribution in [2.24, 2.45) is 0 Å². The average Bonchev–Trinajstić information content (AvgIpc) is 2.46. The van der Waals surface area contributed by atoms with E-state index in [-0.39, 0.29) is 36.5 Å². The van der Waals surface area contributed by atoms with Crippen LogP contribution in [-0.4, -0.2) is 47.0 Å². The Labute approximate surface area is 121 Å². The Balaban J connectivity index is 3.13. The second kappa shape index (κ2) is 7.22. The highest BCUT2D eigenvalue weighted by Gasteiger charge is 2.25. The van der Waals surface area contributed by atoms with Crippen molar-refractivity contribution >= 4 is 17.6 Å². The summed E-state index contributed by atoms with van der Waals surface area (Å²) in [5, 5.41) is 19.6. The Morgan fingerprint density at radius 1 is 1.43 bits per heavy atom. The topological polar surface area (TPSA) is 110 Å². The number of hydrogen-bond donors (Lipinski definition) is 1. The fraction of sp³-hybridized carbons (Fsp3) is 0.385. The van der Waals surface area contributed by atoms with Crippen molar-refractivity contribution in [2.75, 3.05) is 20.2 Å². The lowest BCUT2D eigenvalue weighted by molar-refractivity contribution is -0.385. The predicted molar refractivity (Wildman–Crippen MR) is 73.5 cm³/mol. The second-order valence-electron chi connectivity index (χ2n) is 4.14. The molecule has 0 unspecified atom stereocenters. The van der Waals surface area contributed by atoms with Gasteiger partial charge in [0, 0.05) is 19.2 Å². The molecule has 0 aromatic heterocycles. The first-order chi connectivity index (χ1) is 9.92. The molecule has 0 bridgehead atoms. The van der Waals surface area contributed by atoms with E-state index in [0.717, 1.165) is 0 Å². The van der Waals surface area contributed by atoms with E-state index < -0.39 is 16.8 Å². The summed E-state index contributed by atoms with van der Waals surface area (Å²) >= 11 is 0. The van der Waals surface area contributed by atoms with Gasteiger partial charge < -0.3 is 14.7 Å². The van der Waals surface area contributed by atoms with Gasteiger partial charge in [0.05, 0.1) is 24.0 Å². The Hall–Kier alpha value is -2.64. The summed E-state index contributed by atoms with van der Waals surface area (Å²) in [6.07, 6.45) is -0.198. The molecule has 1 amide bonds. The standard InChI is InChI=1S/C13H16N2O6/c1-3-14(8-7-11(16)17)13(18)9-5-4-6-10(15(19)20)12(9)21-2/h4-6H,3,7-8H2,1-2H3,(H,16,17). The van der Waals surface area contributed by atoms with Gasteiger partial charge in [-0.1, -0.05) is 6.07 Å². The number of nitro groups is 1. The molecule has 0 aliphatic carbocycles. The molecule has 0 heterocycles. The second-order valence-corrected chi connectivity index (χ2v) is 4.14. The number of benzene rings is 1. The number of carbonyl (C=O) groups is 2. The van der Waals surface area contributed by atoms with Gasteiger partial charge in [-0.2, -0.15) is 0 Å². The molecular weight excluding hydrogens is 280 g/mol. The van der Waals surface area contributed by atoms with Gasteiger partial charge in [0.2, 0.25) is 5.75 Å². The zero-order valence-electron chi connectivity index (χ0n) is 11.7. The highest BCUT2D eigenvalue weighted by atomic mass is 16.6. The average molecular weight is 296 g/mol. The van der Waals surface area contributed by atoms with E-state index in [1.807, 2.05) is 0 Å². The largest absolute Gasteiger partial charge is 0.490 e. The van der Waals surface area contributed by atoms with Gasteiger partial charge in [0.15, 0.2) is 0 Å². The SMILES string of the molecule is CCN(CCC(=O)O)C(=O)c1cccc([N+](=O)[O-])c1OC. The van der Waals surface area contributed by atoms with Crippen molar-refractivity contribution in [3.8, 4) is 5.75 Å². The van der Waals surface area contributed by atoms with E-state index in [0.29, 0.717) is 0 Å². The highest BCUT2D eigenvalue weighted by Crippen LogP contribution is 2.31. The summed E-state index contributed by atoms with van der Waals surface area (Å²) in [6, 6.07) is 4.04. The number of nitrogens with zero attached hydrogens (tertiary/aromatic N) is 2. The Bertz CT molecular complexity index is 558. The van der Waals surface area contributed by atoms with E-state index >= 15 is 0 Å². The third-order valence-corrected chi connectivity index (χ3v) is 2.89. The maximum Gasteiger partial charge on any atom is 0.311 e. The Morgan fingerprint density at radius 3 is 2.57 bits per heavy atom. The molecular formula is C13H16N2O6. The van der Waals surface area contributed by atoms with Crippen molar-refractivity contribution in [3.63, 3.8) is 0 Å². The molecule has 0 aliphatic rings. The number of hydrogen-bond acceptors (Lipinski definition) is 5. The minimum Gasteiger partial charge on any atom is -0.490 e. The molecule has 0 radical (unpaired) electrons. The zero-order chi connectivity index (χ0) is 16.0. The maximum absolute atomic E-state index is 12.4. The van der Waals surface area contributed by atoms with Gasteiger partial charge in [-0.15, -0.1) is 0 Å². The summed E-state index contributed by atoms with van der Waals surface area (Å²) < 4.78 is 4.97. The molecule has 1 N–H and O–H groups in total. The van der Waals surface area contributed by atoms with E-state index in [4.69, 9.17) is 9.84 Å². The molecule has 0 spiro atoms. The normalized spacial score (nSPS) is 10.0. The summed E-state index contributed by atoms with van der Waals surface area (Å²) in [5.41, 5.74) is -0.267. The fourth-order valence-corrected chi connectivity index (χ4v) is 1.86. The van der Waals surface area contributed by atoms with Crippen LogP contribution in [0.4, 0.5) is 5.69 Å². The zero-order valence-corrected chi connectivity index (χ0v) is 11.7. The summed E-state index contributed by atoms with van der Waals surface area (Å²) in [5.74, 6) is -1.65. The molecule has 0 aliphatic heterocycles. The minimum atomic E-state index is -1.02. The number of amides is 1. The number of rotatable bonds is 7. The van der Waals surface area contributed by atoms with Crippen LogP contribution in [0.25, 0.3) is 0 Å². The fourth-order valence-electron chi connectivity index (χ4n) is 1.86. The first kappa shape index (κ1) is 16.4. The van der Waals surface area contributed by atoms with Gasteiger partial charge in [-0.05, 0) is 13.0 Å². The molecule has 0 saturated heterocycles. The van der Waals surface area contributed by atoms with Gasteiger partial charge in [0.1, 0.15) is 0 Å². The van der Waals surface area contributed by atoms with Crippen molar-refractivity contribution in [3.05, 3.63) is 33.9 Å². The van der Waals surface area contributed by atoms with Crippen molar-refractivity contribution < 1.29 is 24.4 Å². The number of para-hydroxylation sites is 1. The quantitative estimate of drug-likeness (QED) is 0.603. The van der Waals surface area contributed by atoms with E-state index in [1.54, 1.807) is 6.92 Å². The van der Waals surface area contributed by atoms with Gasteiger partial charge in [0.25, 0.3) is 5.91 Å². The summed E-state index contributed by atoms with van der Waals surface area (Å²) in [6.45, 7) is 2.01. The number of carbonyl (C=O) groups excluding carboxylic acids is 1. The van der Waals surface area contributed by atoms with Crippen molar-refractivity contribution in [1.82, 2.24) is 4.90 Å². The number of carboxylic acid groups (broad SMARTS) is 1. The first-order valence-corrected chi connectivity index (χ1v) is 6.24. The van der Waals surface area contributed by atoms with Crippen LogP contribution >= 0.6 is 0 Å². The van der Waals surface area contributed by atoms with E-state index in [9.17, 15) is 19.7 Å². The Morgan fingerprint density at radius 2 is 2.10 bits per heavy atom. The van der Waals surface area contributed by atoms with E-state index in [1.165, 1.54) is 30.2 Å². The number of aliphatic carboxylic acids is 1. The molecule has 0 fully saturated rings. The Kier molecular flexibility index (Phi) is 5.65. The van der Waals surface area contributed by atoms with Crippen LogP contribution in [0.3, 0.4) is 0 Å². The number of carboxylic acids is 1. The van der Waals surface area contributed by atoms with Crippen LogP contribution in [0, 0.1) is 10.1 Å². The molecule has 0 saturated carbocycles. The highest BCUT2D eigenvalue weighted by molar-refractivity contribution is 5.98. The molecule has 1 aromatic rings. The third-order valence-electron chi connectivity index (χ3n) is 2.89. The monoisotopic (exact) mass is 296 g/mol. The summed E-state index contributed by atoms with van der Waals surface area (Å²) in [4.78, 5) is 34.6. The van der Waals surface area contributed by atoms with Crippen LogP contribution in [-0.2, 0) is 4.79 Å². The maximum atomic E-state index is 12.4. The van der Waals surface area contributed by atoms with Crippen LogP contribution in [0.5, 0.6) is 5.75 Å². The van der Waals surface area contributed by atoms with Gasteiger partial charge in [-0.25, -0.2) is 0 Å². The smallest absolute Gasteiger partial charge is 0.311 e. The number of ether oxygens (including phenoxy) is 1. The number of nitro benzene ring substituents is 1. The molecule has 8 heteroatoms. The van der Waals surface area contributed by atoms with Crippen LogP contribution < -0.4 is 4.74 Å². The first-order valence-electron chi connectivity index (χ1n) is 6.24. The predicted octanol–water partition coefficient (Wildman–Crippen LogP) is 1.54. The molecule has 21 heavy (non-hydrogen) atoms. The van der Waals surface area contributed by atoms with Crippen LogP contribution in [0.1, 0.15) is 23.7 Å². The van der Waals surface area contributed by atoms with Crippen molar-refractivity contribution in [2.45, 2.75) is 13.3 Å². The van der Waals surface area contributed by atoms with E-state index in [2.05, 4.69) is 0 Å². The molecule has 1 aromatic carbocycles. The molecule has 114 valence electrons. The van der Waals surface area contributed by atoms with Crippen molar-refractivity contribution in [1.29, 1.82) is 0 Å². The molecule has 1 rings (SSSR count). The molecule has 0 atom stereocenters. The summed E-state index contributed by atoms with van der Waals surface area (Å²) in [7, 11) is 1.24. The minimum absolute atomic E-state index is 0.0243. The van der Waals surface area contributed by atoms with Gasteiger partial charge in [-0.3, -0.25) is 19.7 Å². The number of methoxy groups -OCH3 is 1. The van der Waals surface area contributed by atoms with Gasteiger partial charge >= 0.3 is 11.7 Å². The van der Waals surface area contributed by atoms with Crippen LogP contribution in [0.15, 0.2) is 18.2 Å². The third kappa shape index (κ3) is 3.91. The lowest BCUT2D eigenvalue weighted by Gasteiger charge is -2.21. The lowest BCUT2D eigenvalue weighted by atomic mass is 10.1. The van der Waals surface area contributed by atoms with Crippen LogP contribution in [0.2, 0.25) is 0 Å². The lowest BCUT2D eigenvalue weighted by Crippen LogP contribution is -2.33. The molecule has 8 nitrogen and oxygen atoms in total.